The zero-order valence-corrected chi connectivity index (χ0v) is 14.0. The van der Waals surface area contributed by atoms with Crippen molar-refractivity contribution in [2.24, 2.45) is 0 Å². The largest absolute Gasteiger partial charge is 0.492 e. The molecule has 0 spiro atoms. The molecule has 21 heavy (non-hydrogen) atoms. The second kappa shape index (κ2) is 7.06. The van der Waals surface area contributed by atoms with Crippen molar-refractivity contribution in [3.05, 3.63) is 62.3 Å². The van der Waals surface area contributed by atoms with Gasteiger partial charge in [-0.05, 0) is 30.7 Å². The third-order valence-electron chi connectivity index (χ3n) is 2.86. The molecule has 112 valence electrons. The molecule has 0 aliphatic heterocycles. The van der Waals surface area contributed by atoms with E-state index >= 15 is 0 Å². The second-order valence-electron chi connectivity index (χ2n) is 4.27. The van der Waals surface area contributed by atoms with E-state index in [1.807, 2.05) is 6.92 Å². The summed E-state index contributed by atoms with van der Waals surface area (Å²) in [5, 5.41) is 0.257. The van der Waals surface area contributed by atoms with E-state index < -0.39 is 11.2 Å². The lowest BCUT2D eigenvalue weighted by Gasteiger charge is -2.15. The minimum Gasteiger partial charge on any atom is -0.492 e. The molecule has 6 heteroatoms. The fourth-order valence-electron chi connectivity index (χ4n) is 1.88. The lowest BCUT2D eigenvalue weighted by Crippen LogP contribution is -2.00. The Morgan fingerprint density at radius 1 is 1.05 bits per heavy atom. The summed E-state index contributed by atoms with van der Waals surface area (Å²) in [6.07, 6.45) is 0. The average Bonchev–Trinajstić information content (AvgIpc) is 2.42. The van der Waals surface area contributed by atoms with E-state index in [2.05, 4.69) is 0 Å². The van der Waals surface area contributed by atoms with E-state index in [1.165, 1.54) is 12.1 Å². The summed E-state index contributed by atoms with van der Waals surface area (Å²) in [4.78, 5) is 0. The lowest BCUT2D eigenvalue weighted by atomic mass is 10.0. The van der Waals surface area contributed by atoms with Crippen LogP contribution in [0.2, 0.25) is 15.1 Å². The fourth-order valence-corrected chi connectivity index (χ4v) is 2.94. The summed E-state index contributed by atoms with van der Waals surface area (Å²) in [6, 6.07) is 7.46. The third-order valence-corrected chi connectivity index (χ3v) is 4.19. The molecule has 2 aromatic rings. The Labute approximate surface area is 142 Å². The van der Waals surface area contributed by atoms with Gasteiger partial charge in [-0.25, -0.2) is 4.39 Å². The minimum absolute atomic E-state index is 0.281. The molecule has 2 rings (SSSR count). The van der Waals surface area contributed by atoms with Gasteiger partial charge in [-0.1, -0.05) is 40.9 Å². The van der Waals surface area contributed by atoms with Crippen LogP contribution >= 0.6 is 46.4 Å². The number of halogens is 5. The summed E-state index contributed by atoms with van der Waals surface area (Å²) in [7, 11) is 0. The molecule has 2 aromatic carbocycles. The molecule has 1 atom stereocenters. The maximum Gasteiger partial charge on any atom is 0.139 e. The number of hydrogen-bond donors (Lipinski definition) is 0. The molecule has 0 aromatic heterocycles. The highest BCUT2D eigenvalue weighted by Crippen LogP contribution is 2.40. The molecule has 0 heterocycles. The topological polar surface area (TPSA) is 9.23 Å². The standard InChI is InChI=1S/C15H11Cl4FO/c1-2-21-14-7-11(17)10(6-12(14)18)15(19)9-4-3-8(16)5-13(9)20/h3-7,15H,2H2,1H3. The van der Waals surface area contributed by atoms with Crippen molar-refractivity contribution in [3.8, 4) is 5.75 Å². The molecule has 0 radical (unpaired) electrons. The van der Waals surface area contributed by atoms with Gasteiger partial charge in [0.2, 0.25) is 0 Å². The molecule has 0 N–H and O–H groups in total. The Morgan fingerprint density at radius 2 is 1.76 bits per heavy atom. The molecule has 0 aliphatic carbocycles. The molecular weight excluding hydrogens is 357 g/mol. The van der Waals surface area contributed by atoms with Crippen LogP contribution in [0.4, 0.5) is 4.39 Å². The molecule has 0 aliphatic rings. The predicted octanol–water partition coefficient (Wildman–Crippen LogP) is 6.51. The molecule has 0 saturated carbocycles. The predicted molar refractivity (Wildman–Crippen MR) is 86.7 cm³/mol. The van der Waals surface area contributed by atoms with Crippen molar-refractivity contribution in [2.45, 2.75) is 12.3 Å². The van der Waals surface area contributed by atoms with Crippen LogP contribution in [0.1, 0.15) is 23.4 Å². The Hall–Kier alpha value is -0.670. The van der Waals surface area contributed by atoms with Gasteiger partial charge in [0.05, 0.1) is 17.0 Å². The van der Waals surface area contributed by atoms with E-state index in [-0.39, 0.29) is 5.56 Å². The highest BCUT2D eigenvalue weighted by atomic mass is 35.5. The van der Waals surface area contributed by atoms with Crippen LogP contribution in [-0.4, -0.2) is 6.61 Å². The normalized spacial score (nSPS) is 12.3. The molecule has 0 fully saturated rings. The number of benzene rings is 2. The van der Waals surface area contributed by atoms with Crippen LogP contribution in [0.3, 0.4) is 0 Å². The summed E-state index contributed by atoms with van der Waals surface area (Å²) >= 11 is 24.4. The number of hydrogen-bond acceptors (Lipinski definition) is 1. The molecule has 0 amide bonds. The van der Waals surface area contributed by atoms with Crippen LogP contribution in [0.5, 0.6) is 5.75 Å². The van der Waals surface area contributed by atoms with Gasteiger partial charge in [0, 0.05) is 21.7 Å². The average molecular weight is 368 g/mol. The first-order valence-electron chi connectivity index (χ1n) is 6.14. The van der Waals surface area contributed by atoms with Gasteiger partial charge in [0.25, 0.3) is 0 Å². The highest BCUT2D eigenvalue weighted by Gasteiger charge is 2.20. The number of rotatable bonds is 4. The highest BCUT2D eigenvalue weighted by molar-refractivity contribution is 6.36. The molecule has 0 saturated heterocycles. The maximum absolute atomic E-state index is 13.9. The van der Waals surface area contributed by atoms with Crippen molar-refractivity contribution in [1.82, 2.24) is 0 Å². The van der Waals surface area contributed by atoms with E-state index in [1.54, 1.807) is 18.2 Å². The quantitative estimate of drug-likeness (QED) is 0.559. The Morgan fingerprint density at radius 3 is 2.38 bits per heavy atom. The first kappa shape index (κ1) is 16.7. The summed E-state index contributed by atoms with van der Waals surface area (Å²) < 4.78 is 19.3. The summed E-state index contributed by atoms with van der Waals surface area (Å²) in [6.45, 7) is 2.30. The first-order valence-corrected chi connectivity index (χ1v) is 7.71. The smallest absolute Gasteiger partial charge is 0.139 e. The van der Waals surface area contributed by atoms with Crippen molar-refractivity contribution in [3.63, 3.8) is 0 Å². The van der Waals surface area contributed by atoms with Crippen molar-refractivity contribution in [2.75, 3.05) is 6.61 Å². The lowest BCUT2D eigenvalue weighted by molar-refractivity contribution is 0.340. The summed E-state index contributed by atoms with van der Waals surface area (Å²) in [5.74, 6) is -0.0306. The Balaban J connectivity index is 2.43. The van der Waals surface area contributed by atoms with Gasteiger partial charge in [-0.2, -0.15) is 0 Å². The third kappa shape index (κ3) is 3.75. The van der Waals surface area contributed by atoms with Crippen LogP contribution in [-0.2, 0) is 0 Å². The number of alkyl halides is 1. The Bertz CT molecular complexity index is 660. The van der Waals surface area contributed by atoms with Crippen molar-refractivity contribution < 1.29 is 9.13 Å². The SMILES string of the molecule is CCOc1cc(Cl)c(C(Cl)c2ccc(Cl)cc2F)cc1Cl. The van der Waals surface area contributed by atoms with Crippen LogP contribution in [0.15, 0.2) is 30.3 Å². The number of ether oxygens (including phenoxy) is 1. The second-order valence-corrected chi connectivity index (χ2v) is 5.95. The van der Waals surface area contributed by atoms with Gasteiger partial charge in [0.15, 0.2) is 0 Å². The maximum atomic E-state index is 13.9. The van der Waals surface area contributed by atoms with Crippen LogP contribution in [0.25, 0.3) is 0 Å². The van der Waals surface area contributed by atoms with E-state index in [4.69, 9.17) is 51.1 Å². The van der Waals surface area contributed by atoms with E-state index in [0.29, 0.717) is 33.0 Å². The van der Waals surface area contributed by atoms with Gasteiger partial charge in [-0.3, -0.25) is 0 Å². The molecule has 0 bridgehead atoms. The van der Waals surface area contributed by atoms with Gasteiger partial charge >= 0.3 is 0 Å². The van der Waals surface area contributed by atoms with Crippen LogP contribution < -0.4 is 4.74 Å². The Kier molecular flexibility index (Phi) is 5.61. The molecule has 1 unspecified atom stereocenters. The first-order chi connectivity index (χ1) is 9.93. The monoisotopic (exact) mass is 366 g/mol. The van der Waals surface area contributed by atoms with Crippen LogP contribution in [0, 0.1) is 5.82 Å². The van der Waals surface area contributed by atoms with Gasteiger partial charge in [-0.15, -0.1) is 11.6 Å². The zero-order valence-electron chi connectivity index (χ0n) is 11.0. The van der Waals surface area contributed by atoms with Crippen molar-refractivity contribution in [1.29, 1.82) is 0 Å². The van der Waals surface area contributed by atoms with Gasteiger partial charge in [0.1, 0.15) is 11.6 Å². The van der Waals surface area contributed by atoms with Gasteiger partial charge < -0.3 is 4.74 Å². The molecule has 1 nitrogen and oxygen atoms in total. The molecular formula is C15H11Cl4FO. The van der Waals surface area contributed by atoms with Crippen molar-refractivity contribution >= 4 is 46.4 Å². The summed E-state index contributed by atoms with van der Waals surface area (Å²) in [5.41, 5.74) is 0.788. The van der Waals surface area contributed by atoms with E-state index in [9.17, 15) is 4.39 Å². The zero-order chi connectivity index (χ0) is 15.6. The van der Waals surface area contributed by atoms with E-state index in [0.717, 1.165) is 0 Å². The minimum atomic E-state index is -0.775. The fraction of sp³-hybridized carbons (Fsp3) is 0.200.